The second-order valence-electron chi connectivity index (χ2n) is 7.14. The molecule has 1 saturated carbocycles. The van der Waals surface area contributed by atoms with Crippen LogP contribution in [0.25, 0.3) is 0 Å². The summed E-state index contributed by atoms with van der Waals surface area (Å²) < 4.78 is 5.36. The van der Waals surface area contributed by atoms with Crippen LogP contribution in [0.5, 0.6) is 0 Å². The average molecular weight is 294 g/mol. The van der Waals surface area contributed by atoms with Crippen LogP contribution in [0, 0.1) is 11.8 Å². The lowest BCUT2D eigenvalue weighted by Gasteiger charge is -2.34. The maximum absolute atomic E-state index is 12.5. The smallest absolute Gasteiger partial charge is 0.224 e. The highest BCUT2D eigenvalue weighted by Gasteiger charge is 2.29. The van der Waals surface area contributed by atoms with Crippen LogP contribution in [-0.4, -0.2) is 49.7 Å². The van der Waals surface area contributed by atoms with Crippen molar-refractivity contribution in [3.8, 4) is 0 Å². The number of hydrogen-bond donors (Lipinski definition) is 1. The molecule has 0 radical (unpaired) electrons. The van der Waals surface area contributed by atoms with Gasteiger partial charge in [0.2, 0.25) is 5.91 Å². The van der Waals surface area contributed by atoms with E-state index in [-0.39, 0.29) is 11.8 Å². The molecule has 2 saturated heterocycles. The Kier molecular flexibility index (Phi) is 5.53. The van der Waals surface area contributed by atoms with E-state index in [4.69, 9.17) is 4.74 Å². The lowest BCUT2D eigenvalue weighted by Crippen LogP contribution is -2.47. The fourth-order valence-corrected chi connectivity index (χ4v) is 4.15. The monoisotopic (exact) mass is 294 g/mol. The first-order chi connectivity index (χ1) is 10.3. The van der Waals surface area contributed by atoms with Crippen molar-refractivity contribution in [1.82, 2.24) is 10.2 Å². The zero-order chi connectivity index (χ0) is 14.5. The van der Waals surface area contributed by atoms with E-state index < -0.39 is 0 Å². The molecule has 1 atom stereocenters. The minimum Gasteiger partial charge on any atom is -0.381 e. The second-order valence-corrected chi connectivity index (χ2v) is 7.14. The van der Waals surface area contributed by atoms with Gasteiger partial charge in [-0.25, -0.2) is 0 Å². The Balaban J connectivity index is 1.44. The molecule has 0 spiro atoms. The molecule has 4 nitrogen and oxygen atoms in total. The van der Waals surface area contributed by atoms with Gasteiger partial charge in [-0.05, 0) is 51.0 Å². The van der Waals surface area contributed by atoms with Gasteiger partial charge in [-0.1, -0.05) is 12.8 Å². The summed E-state index contributed by atoms with van der Waals surface area (Å²) >= 11 is 0. The van der Waals surface area contributed by atoms with Gasteiger partial charge >= 0.3 is 0 Å². The van der Waals surface area contributed by atoms with Crippen molar-refractivity contribution in [2.75, 3.05) is 32.8 Å². The Hall–Kier alpha value is -0.610. The van der Waals surface area contributed by atoms with E-state index in [1.54, 1.807) is 0 Å². The number of carbonyl (C=O) groups excluding carboxylic acids is 1. The standard InChI is InChI=1S/C17H30N2O2/c20-17(18-16-7-10-21-11-8-16)15-6-3-9-19(13-15)12-14-4-1-2-5-14/h14-16H,1-13H2,(H,18,20). The van der Waals surface area contributed by atoms with Crippen LogP contribution in [-0.2, 0) is 9.53 Å². The summed E-state index contributed by atoms with van der Waals surface area (Å²) in [6, 6.07) is 0.344. The largest absolute Gasteiger partial charge is 0.381 e. The van der Waals surface area contributed by atoms with E-state index in [0.29, 0.717) is 6.04 Å². The minimum absolute atomic E-state index is 0.211. The first-order valence-electron chi connectivity index (χ1n) is 8.92. The molecule has 3 fully saturated rings. The number of rotatable bonds is 4. The van der Waals surface area contributed by atoms with Gasteiger partial charge < -0.3 is 15.0 Å². The molecule has 3 rings (SSSR count). The molecule has 4 heteroatoms. The van der Waals surface area contributed by atoms with E-state index in [1.165, 1.54) is 45.2 Å². The first-order valence-corrected chi connectivity index (χ1v) is 8.92. The number of piperidine rings is 1. The van der Waals surface area contributed by atoms with E-state index in [0.717, 1.165) is 44.9 Å². The number of likely N-dealkylation sites (tertiary alicyclic amines) is 1. The van der Waals surface area contributed by atoms with Crippen molar-refractivity contribution in [1.29, 1.82) is 0 Å². The van der Waals surface area contributed by atoms with Crippen LogP contribution in [0.3, 0.4) is 0 Å². The predicted molar refractivity (Wildman–Crippen MR) is 83.1 cm³/mol. The van der Waals surface area contributed by atoms with Crippen molar-refractivity contribution in [3.63, 3.8) is 0 Å². The maximum atomic E-state index is 12.5. The van der Waals surface area contributed by atoms with Crippen LogP contribution >= 0.6 is 0 Å². The van der Waals surface area contributed by atoms with Gasteiger partial charge in [-0.2, -0.15) is 0 Å². The molecule has 21 heavy (non-hydrogen) atoms. The van der Waals surface area contributed by atoms with Crippen molar-refractivity contribution in [2.45, 2.75) is 57.4 Å². The van der Waals surface area contributed by atoms with Crippen LogP contribution in [0.15, 0.2) is 0 Å². The number of carbonyl (C=O) groups is 1. The van der Waals surface area contributed by atoms with Gasteiger partial charge in [0.1, 0.15) is 0 Å². The Morgan fingerprint density at radius 1 is 1.05 bits per heavy atom. The van der Waals surface area contributed by atoms with Crippen LogP contribution < -0.4 is 5.32 Å². The van der Waals surface area contributed by atoms with Crippen molar-refractivity contribution >= 4 is 5.91 Å². The van der Waals surface area contributed by atoms with E-state index in [1.807, 2.05) is 0 Å². The van der Waals surface area contributed by atoms with E-state index in [2.05, 4.69) is 10.2 Å². The fourth-order valence-electron chi connectivity index (χ4n) is 4.15. The molecule has 3 aliphatic rings. The van der Waals surface area contributed by atoms with Gasteiger partial charge in [0, 0.05) is 32.3 Å². The third-order valence-electron chi connectivity index (χ3n) is 5.44. The first kappa shape index (κ1) is 15.3. The third-order valence-corrected chi connectivity index (χ3v) is 5.44. The maximum Gasteiger partial charge on any atom is 0.224 e. The van der Waals surface area contributed by atoms with Crippen LogP contribution in [0.4, 0.5) is 0 Å². The SMILES string of the molecule is O=C(NC1CCOCC1)C1CCCN(CC2CCCC2)C1. The molecule has 0 bridgehead atoms. The van der Waals surface area contributed by atoms with Crippen LogP contribution in [0.2, 0.25) is 0 Å². The van der Waals surface area contributed by atoms with Gasteiger partial charge in [0.25, 0.3) is 0 Å². The highest BCUT2D eigenvalue weighted by molar-refractivity contribution is 5.79. The molecular weight excluding hydrogens is 264 g/mol. The number of nitrogens with zero attached hydrogens (tertiary/aromatic N) is 1. The third kappa shape index (κ3) is 4.43. The minimum atomic E-state index is 0.211. The Morgan fingerprint density at radius 3 is 2.57 bits per heavy atom. The molecule has 0 aromatic heterocycles. The number of hydrogen-bond acceptors (Lipinski definition) is 3. The van der Waals surface area contributed by atoms with Crippen molar-refractivity contribution < 1.29 is 9.53 Å². The molecule has 1 aliphatic carbocycles. The lowest BCUT2D eigenvalue weighted by molar-refractivity contribution is -0.128. The molecule has 2 aliphatic heterocycles. The van der Waals surface area contributed by atoms with E-state index >= 15 is 0 Å². The highest BCUT2D eigenvalue weighted by Crippen LogP contribution is 2.27. The number of amides is 1. The molecule has 1 N–H and O–H groups in total. The zero-order valence-electron chi connectivity index (χ0n) is 13.2. The van der Waals surface area contributed by atoms with Gasteiger partial charge in [-0.15, -0.1) is 0 Å². The molecular formula is C17H30N2O2. The summed E-state index contributed by atoms with van der Waals surface area (Å²) in [5, 5.41) is 3.26. The van der Waals surface area contributed by atoms with E-state index in [9.17, 15) is 4.79 Å². The summed E-state index contributed by atoms with van der Waals surface area (Å²) in [5.41, 5.74) is 0. The predicted octanol–water partition coefficient (Wildman–Crippen LogP) is 2.18. The molecule has 1 unspecified atom stereocenters. The normalized spacial score (nSPS) is 29.6. The lowest BCUT2D eigenvalue weighted by atomic mass is 9.95. The molecule has 0 aromatic rings. The summed E-state index contributed by atoms with van der Waals surface area (Å²) in [7, 11) is 0. The van der Waals surface area contributed by atoms with Crippen molar-refractivity contribution in [2.24, 2.45) is 11.8 Å². The fraction of sp³-hybridized carbons (Fsp3) is 0.941. The van der Waals surface area contributed by atoms with Crippen molar-refractivity contribution in [3.05, 3.63) is 0 Å². The van der Waals surface area contributed by atoms with Crippen LogP contribution in [0.1, 0.15) is 51.4 Å². The second kappa shape index (κ2) is 7.59. The van der Waals surface area contributed by atoms with Gasteiger partial charge in [0.05, 0.1) is 5.92 Å². The summed E-state index contributed by atoms with van der Waals surface area (Å²) in [6.07, 6.45) is 9.81. The number of ether oxygens (including phenoxy) is 1. The summed E-state index contributed by atoms with van der Waals surface area (Å²) in [4.78, 5) is 15.0. The highest BCUT2D eigenvalue weighted by atomic mass is 16.5. The molecule has 2 heterocycles. The Bertz CT molecular complexity index is 336. The Morgan fingerprint density at radius 2 is 1.81 bits per heavy atom. The molecule has 1 amide bonds. The topological polar surface area (TPSA) is 41.6 Å². The Labute approximate surface area is 128 Å². The quantitative estimate of drug-likeness (QED) is 0.864. The molecule has 0 aromatic carbocycles. The zero-order valence-corrected chi connectivity index (χ0v) is 13.2. The van der Waals surface area contributed by atoms with Gasteiger partial charge in [0.15, 0.2) is 0 Å². The summed E-state index contributed by atoms with van der Waals surface area (Å²) in [5.74, 6) is 1.39. The molecule has 120 valence electrons. The summed E-state index contributed by atoms with van der Waals surface area (Å²) in [6.45, 7) is 4.98. The average Bonchev–Trinajstić information content (AvgIpc) is 3.01. The van der Waals surface area contributed by atoms with Gasteiger partial charge in [-0.3, -0.25) is 4.79 Å². The number of nitrogens with one attached hydrogen (secondary N) is 1.